The number of aromatic nitrogens is 3. The molecule has 1 aromatic carbocycles. The summed E-state index contributed by atoms with van der Waals surface area (Å²) in [5.74, 6) is 0.431. The van der Waals surface area contributed by atoms with E-state index in [4.69, 9.17) is 0 Å². The molecule has 3 aromatic rings. The Kier molecular flexibility index (Phi) is 7.50. The van der Waals surface area contributed by atoms with Gasteiger partial charge in [-0.2, -0.15) is 0 Å². The molecule has 0 saturated carbocycles. The average Bonchev–Trinajstić information content (AvgIpc) is 3.35. The Hall–Kier alpha value is -2.65. The highest BCUT2D eigenvalue weighted by Gasteiger charge is 2.16. The van der Waals surface area contributed by atoms with Crippen molar-refractivity contribution in [2.24, 2.45) is 7.05 Å². The Morgan fingerprint density at radius 1 is 1.13 bits per heavy atom. The third kappa shape index (κ3) is 6.41. The highest BCUT2D eigenvalue weighted by atomic mass is 32.2. The number of rotatable bonds is 7. The van der Waals surface area contributed by atoms with E-state index < -0.39 is 6.03 Å². The van der Waals surface area contributed by atoms with Gasteiger partial charge in [-0.1, -0.05) is 62.9 Å². The largest absolute Gasteiger partial charge is 0.337 e. The molecule has 0 aliphatic carbocycles. The summed E-state index contributed by atoms with van der Waals surface area (Å²) in [5.41, 5.74) is 2.30. The van der Waals surface area contributed by atoms with Crippen molar-refractivity contribution >= 4 is 35.0 Å². The zero-order valence-electron chi connectivity index (χ0n) is 18.1. The van der Waals surface area contributed by atoms with Crippen molar-refractivity contribution < 1.29 is 9.59 Å². The van der Waals surface area contributed by atoms with Gasteiger partial charge < -0.3 is 9.88 Å². The van der Waals surface area contributed by atoms with Crippen molar-refractivity contribution in [1.82, 2.24) is 25.4 Å². The molecule has 31 heavy (non-hydrogen) atoms. The van der Waals surface area contributed by atoms with Crippen molar-refractivity contribution in [2.45, 2.75) is 37.8 Å². The van der Waals surface area contributed by atoms with Gasteiger partial charge in [-0.15, -0.1) is 21.5 Å². The average molecular weight is 458 g/mol. The van der Waals surface area contributed by atoms with Crippen LogP contribution in [-0.4, -0.2) is 39.0 Å². The van der Waals surface area contributed by atoms with Gasteiger partial charge in [-0.05, 0) is 28.8 Å². The quantitative estimate of drug-likeness (QED) is 0.524. The Labute approximate surface area is 190 Å². The fraction of sp³-hybridized carbons (Fsp3) is 0.364. The van der Waals surface area contributed by atoms with Gasteiger partial charge in [-0.25, -0.2) is 4.79 Å². The van der Waals surface area contributed by atoms with Gasteiger partial charge in [0.2, 0.25) is 5.91 Å². The molecule has 2 aromatic heterocycles. The van der Waals surface area contributed by atoms with Crippen molar-refractivity contribution in [3.8, 4) is 11.4 Å². The first-order chi connectivity index (χ1) is 14.7. The van der Waals surface area contributed by atoms with Gasteiger partial charge in [-0.3, -0.25) is 10.1 Å². The number of nitrogens with zero attached hydrogens (tertiary/aromatic N) is 3. The Bertz CT molecular complexity index is 1020. The molecule has 0 aliphatic rings. The number of nitrogens with one attached hydrogen (secondary N) is 2. The van der Waals surface area contributed by atoms with Crippen LogP contribution < -0.4 is 10.6 Å². The first-order valence-electron chi connectivity index (χ1n) is 9.97. The van der Waals surface area contributed by atoms with Crippen LogP contribution in [-0.2, 0) is 23.7 Å². The number of thiophene rings is 1. The molecule has 164 valence electrons. The smallest absolute Gasteiger partial charge is 0.321 e. The Morgan fingerprint density at radius 2 is 1.87 bits per heavy atom. The summed E-state index contributed by atoms with van der Waals surface area (Å²) < 4.78 is 1.85. The predicted octanol–water partition coefficient (Wildman–Crippen LogP) is 4.00. The Balaban J connectivity index is 1.49. The standard InChI is InChI=1S/C22H27N5O2S2/c1-22(2,3)16-9-7-15(8-10-16)19-25-26-21(27(19)4)31-14-18(28)24-20(29)23-12-11-17-6-5-13-30-17/h5-10,13H,11-12,14H2,1-4H3,(H2,23,24,28,29). The van der Waals surface area contributed by atoms with Crippen LogP contribution in [0.3, 0.4) is 0 Å². The number of urea groups is 1. The lowest BCUT2D eigenvalue weighted by Crippen LogP contribution is -2.41. The summed E-state index contributed by atoms with van der Waals surface area (Å²) in [7, 11) is 1.87. The SMILES string of the molecule is Cn1c(SCC(=O)NC(=O)NCCc2cccs2)nnc1-c1ccc(C(C)(C)C)cc1. The summed E-state index contributed by atoms with van der Waals surface area (Å²) in [5, 5.41) is 16.1. The van der Waals surface area contributed by atoms with E-state index >= 15 is 0 Å². The van der Waals surface area contributed by atoms with E-state index in [1.54, 1.807) is 11.3 Å². The molecular formula is C22H27N5O2S2. The monoisotopic (exact) mass is 457 g/mol. The van der Waals surface area contributed by atoms with Gasteiger partial charge in [0, 0.05) is 24.0 Å². The van der Waals surface area contributed by atoms with Crippen molar-refractivity contribution in [3.63, 3.8) is 0 Å². The lowest BCUT2D eigenvalue weighted by atomic mass is 9.87. The highest BCUT2D eigenvalue weighted by molar-refractivity contribution is 7.99. The normalized spacial score (nSPS) is 11.4. The summed E-state index contributed by atoms with van der Waals surface area (Å²) in [6.45, 7) is 7.00. The minimum absolute atomic E-state index is 0.0767. The number of hydrogen-bond donors (Lipinski definition) is 2. The zero-order chi connectivity index (χ0) is 22.4. The molecule has 0 saturated heterocycles. The van der Waals surface area contributed by atoms with Crippen LogP contribution in [0.25, 0.3) is 11.4 Å². The minimum Gasteiger partial charge on any atom is -0.337 e. The van der Waals surface area contributed by atoms with Gasteiger partial charge in [0.25, 0.3) is 0 Å². The van der Waals surface area contributed by atoms with Crippen LogP contribution in [0.5, 0.6) is 0 Å². The molecule has 3 rings (SSSR count). The molecule has 0 bridgehead atoms. The van der Waals surface area contributed by atoms with Crippen molar-refractivity contribution in [2.75, 3.05) is 12.3 Å². The maximum atomic E-state index is 12.1. The fourth-order valence-corrected chi connectivity index (χ4v) is 4.32. The lowest BCUT2D eigenvalue weighted by Gasteiger charge is -2.19. The second-order valence-electron chi connectivity index (χ2n) is 8.11. The van der Waals surface area contributed by atoms with Crippen molar-refractivity contribution in [1.29, 1.82) is 0 Å². The second kappa shape index (κ2) is 10.1. The van der Waals surface area contributed by atoms with Gasteiger partial charge in [0.1, 0.15) is 0 Å². The first-order valence-corrected chi connectivity index (χ1v) is 11.8. The molecule has 9 heteroatoms. The van der Waals surface area contributed by atoms with E-state index in [-0.39, 0.29) is 17.1 Å². The minimum atomic E-state index is -0.486. The van der Waals surface area contributed by atoms with E-state index in [9.17, 15) is 9.59 Å². The highest BCUT2D eigenvalue weighted by Crippen LogP contribution is 2.26. The molecule has 0 unspecified atom stereocenters. The predicted molar refractivity (Wildman–Crippen MR) is 125 cm³/mol. The summed E-state index contributed by atoms with van der Waals surface area (Å²) >= 11 is 2.88. The third-order valence-electron chi connectivity index (χ3n) is 4.67. The number of imide groups is 1. The maximum Gasteiger partial charge on any atom is 0.321 e. The molecule has 7 nitrogen and oxygen atoms in total. The molecule has 3 amide bonds. The van der Waals surface area contributed by atoms with E-state index in [0.29, 0.717) is 11.7 Å². The molecule has 0 radical (unpaired) electrons. The topological polar surface area (TPSA) is 88.9 Å². The van der Waals surface area contributed by atoms with Crippen LogP contribution in [0.1, 0.15) is 31.2 Å². The number of carbonyl (C=O) groups excluding carboxylic acids is 2. The van der Waals surface area contributed by atoms with Gasteiger partial charge in [0.05, 0.1) is 5.75 Å². The van der Waals surface area contributed by atoms with E-state index in [0.717, 1.165) is 17.8 Å². The van der Waals surface area contributed by atoms with Crippen molar-refractivity contribution in [3.05, 3.63) is 52.2 Å². The molecule has 0 spiro atoms. The molecule has 2 heterocycles. The molecule has 0 aliphatic heterocycles. The lowest BCUT2D eigenvalue weighted by molar-refractivity contribution is -0.117. The molecule has 2 N–H and O–H groups in total. The number of carbonyl (C=O) groups is 2. The Morgan fingerprint density at radius 3 is 2.52 bits per heavy atom. The maximum absolute atomic E-state index is 12.1. The van der Waals surface area contributed by atoms with E-state index in [1.165, 1.54) is 22.2 Å². The molecule has 0 fully saturated rings. The van der Waals surface area contributed by atoms with Crippen LogP contribution in [0.4, 0.5) is 4.79 Å². The number of hydrogen-bond acceptors (Lipinski definition) is 6. The van der Waals surface area contributed by atoms with E-state index in [1.807, 2.05) is 41.3 Å². The summed E-state index contributed by atoms with van der Waals surface area (Å²) in [4.78, 5) is 25.1. The van der Waals surface area contributed by atoms with Crippen LogP contribution in [0.15, 0.2) is 46.9 Å². The molecule has 0 atom stereocenters. The molecular weight excluding hydrogens is 430 g/mol. The van der Waals surface area contributed by atoms with Crippen LogP contribution in [0.2, 0.25) is 0 Å². The summed E-state index contributed by atoms with van der Waals surface area (Å²) in [6.07, 6.45) is 0.743. The number of thioether (sulfide) groups is 1. The third-order valence-corrected chi connectivity index (χ3v) is 6.62. The van der Waals surface area contributed by atoms with Crippen LogP contribution in [0, 0.1) is 0 Å². The van der Waals surface area contributed by atoms with Gasteiger partial charge >= 0.3 is 6.03 Å². The number of amides is 3. The fourth-order valence-electron chi connectivity index (χ4n) is 2.90. The number of benzene rings is 1. The summed E-state index contributed by atoms with van der Waals surface area (Å²) in [6, 6.07) is 11.8. The van der Waals surface area contributed by atoms with Crippen LogP contribution >= 0.6 is 23.1 Å². The first kappa shape index (κ1) is 23.0. The van der Waals surface area contributed by atoms with Gasteiger partial charge in [0.15, 0.2) is 11.0 Å². The van der Waals surface area contributed by atoms with E-state index in [2.05, 4.69) is 53.7 Å². The zero-order valence-corrected chi connectivity index (χ0v) is 19.8. The second-order valence-corrected chi connectivity index (χ2v) is 10.1.